The molecule has 0 bridgehead atoms. The SMILES string of the molecule is CCC(O)(CC)CNC(=O)Nc1ccc(S(=O)(=O)N(C)Cc2ccccc2)cc1. The van der Waals surface area contributed by atoms with Crippen molar-refractivity contribution in [3.05, 3.63) is 60.2 Å². The van der Waals surface area contributed by atoms with Crippen LogP contribution in [-0.4, -0.2) is 43.1 Å². The fourth-order valence-corrected chi connectivity index (χ4v) is 3.89. The normalized spacial score (nSPS) is 12.0. The van der Waals surface area contributed by atoms with Gasteiger partial charge >= 0.3 is 6.03 Å². The first kappa shape index (κ1) is 22.9. The van der Waals surface area contributed by atoms with Gasteiger partial charge in [0, 0.05) is 25.8 Å². The molecule has 3 N–H and O–H groups in total. The monoisotopic (exact) mass is 419 g/mol. The number of carbonyl (C=O) groups is 1. The number of hydrogen-bond donors (Lipinski definition) is 3. The molecule has 0 saturated heterocycles. The average molecular weight is 420 g/mol. The smallest absolute Gasteiger partial charge is 0.319 e. The maximum Gasteiger partial charge on any atom is 0.319 e. The van der Waals surface area contributed by atoms with Crippen LogP contribution in [0.15, 0.2) is 59.5 Å². The Balaban J connectivity index is 1.99. The van der Waals surface area contributed by atoms with E-state index in [0.29, 0.717) is 18.5 Å². The van der Waals surface area contributed by atoms with Gasteiger partial charge < -0.3 is 15.7 Å². The van der Waals surface area contributed by atoms with Crippen LogP contribution in [0.4, 0.5) is 10.5 Å². The van der Waals surface area contributed by atoms with Crippen molar-refractivity contribution >= 4 is 21.7 Å². The molecule has 158 valence electrons. The molecule has 0 aliphatic carbocycles. The van der Waals surface area contributed by atoms with Crippen LogP contribution in [0, 0.1) is 0 Å². The molecule has 0 heterocycles. The summed E-state index contributed by atoms with van der Waals surface area (Å²) >= 11 is 0. The highest BCUT2D eigenvalue weighted by Gasteiger charge is 2.23. The molecular weight excluding hydrogens is 390 g/mol. The Morgan fingerprint density at radius 1 is 1.03 bits per heavy atom. The first-order chi connectivity index (χ1) is 13.7. The van der Waals surface area contributed by atoms with E-state index in [4.69, 9.17) is 0 Å². The van der Waals surface area contributed by atoms with E-state index in [1.165, 1.54) is 35.6 Å². The maximum absolute atomic E-state index is 12.7. The van der Waals surface area contributed by atoms with Gasteiger partial charge in [0.05, 0.1) is 10.5 Å². The zero-order valence-corrected chi connectivity index (χ0v) is 17.9. The molecule has 0 aromatic heterocycles. The molecule has 0 radical (unpaired) electrons. The number of anilines is 1. The molecule has 7 nitrogen and oxygen atoms in total. The molecule has 29 heavy (non-hydrogen) atoms. The fourth-order valence-electron chi connectivity index (χ4n) is 2.74. The highest BCUT2D eigenvalue weighted by atomic mass is 32.2. The van der Waals surface area contributed by atoms with E-state index >= 15 is 0 Å². The minimum atomic E-state index is -3.65. The highest BCUT2D eigenvalue weighted by molar-refractivity contribution is 7.89. The predicted octanol–water partition coefficient (Wildman–Crippen LogP) is 3.18. The van der Waals surface area contributed by atoms with Crippen LogP contribution >= 0.6 is 0 Å². The zero-order valence-electron chi connectivity index (χ0n) is 17.1. The summed E-state index contributed by atoms with van der Waals surface area (Å²) < 4.78 is 26.8. The van der Waals surface area contributed by atoms with E-state index in [2.05, 4.69) is 10.6 Å². The van der Waals surface area contributed by atoms with Crippen molar-refractivity contribution in [2.75, 3.05) is 18.9 Å². The minimum absolute atomic E-state index is 0.141. The second-order valence-corrected chi connectivity index (χ2v) is 9.06. The van der Waals surface area contributed by atoms with Gasteiger partial charge in [0.1, 0.15) is 0 Å². The van der Waals surface area contributed by atoms with Gasteiger partial charge in [0.2, 0.25) is 10.0 Å². The van der Waals surface area contributed by atoms with E-state index < -0.39 is 21.7 Å². The van der Waals surface area contributed by atoms with Gasteiger partial charge in [-0.3, -0.25) is 0 Å². The van der Waals surface area contributed by atoms with Crippen molar-refractivity contribution in [1.29, 1.82) is 0 Å². The van der Waals surface area contributed by atoms with E-state index in [-0.39, 0.29) is 18.0 Å². The van der Waals surface area contributed by atoms with Crippen LogP contribution in [0.25, 0.3) is 0 Å². The molecule has 2 aromatic carbocycles. The van der Waals surface area contributed by atoms with Gasteiger partial charge in [-0.2, -0.15) is 4.31 Å². The molecule has 0 fully saturated rings. The minimum Gasteiger partial charge on any atom is -0.388 e. The first-order valence-corrected chi connectivity index (χ1v) is 11.0. The summed E-state index contributed by atoms with van der Waals surface area (Å²) in [4.78, 5) is 12.2. The Bertz CT molecular complexity index is 895. The van der Waals surface area contributed by atoms with E-state index in [0.717, 1.165) is 5.56 Å². The van der Waals surface area contributed by atoms with Gasteiger partial charge in [-0.25, -0.2) is 13.2 Å². The third kappa shape index (κ3) is 6.28. The maximum atomic E-state index is 12.7. The number of hydrogen-bond acceptors (Lipinski definition) is 4. The Hall–Kier alpha value is -2.42. The van der Waals surface area contributed by atoms with Crippen molar-refractivity contribution in [2.24, 2.45) is 0 Å². The van der Waals surface area contributed by atoms with Gasteiger partial charge in [-0.15, -0.1) is 0 Å². The number of nitrogens with one attached hydrogen (secondary N) is 2. The van der Waals surface area contributed by atoms with Gasteiger partial charge in [-0.1, -0.05) is 44.2 Å². The number of amides is 2. The molecule has 0 aliphatic rings. The van der Waals surface area contributed by atoms with Gasteiger partial charge in [0.25, 0.3) is 0 Å². The standard InChI is InChI=1S/C21H29N3O4S/c1-4-21(26,5-2)16-22-20(25)23-18-11-13-19(14-12-18)29(27,28)24(3)15-17-9-7-6-8-10-17/h6-14,26H,4-5,15-16H2,1-3H3,(H2,22,23,25). The average Bonchev–Trinajstić information content (AvgIpc) is 2.73. The second-order valence-electron chi connectivity index (χ2n) is 7.01. The lowest BCUT2D eigenvalue weighted by Gasteiger charge is -2.25. The Kier molecular flexibility index (Phi) is 7.78. The fraction of sp³-hybridized carbons (Fsp3) is 0.381. The lowest BCUT2D eigenvalue weighted by molar-refractivity contribution is 0.0354. The number of rotatable bonds is 9. The second kappa shape index (κ2) is 9.87. The van der Waals surface area contributed by atoms with Crippen LogP contribution in [0.2, 0.25) is 0 Å². The molecular formula is C21H29N3O4S. The van der Waals surface area contributed by atoms with Crippen molar-refractivity contribution in [3.63, 3.8) is 0 Å². The van der Waals surface area contributed by atoms with Gasteiger partial charge in [0.15, 0.2) is 0 Å². The molecule has 2 aromatic rings. The van der Waals surface area contributed by atoms with Crippen LogP contribution in [0.1, 0.15) is 32.3 Å². The van der Waals surface area contributed by atoms with Crippen LogP contribution in [-0.2, 0) is 16.6 Å². The van der Waals surface area contributed by atoms with E-state index in [1.807, 2.05) is 44.2 Å². The quantitative estimate of drug-likeness (QED) is 0.581. The third-order valence-corrected chi connectivity index (χ3v) is 6.78. The van der Waals surface area contributed by atoms with Crippen molar-refractivity contribution in [3.8, 4) is 0 Å². The molecule has 0 aliphatic heterocycles. The van der Waals surface area contributed by atoms with Crippen LogP contribution < -0.4 is 10.6 Å². The number of nitrogens with zero attached hydrogens (tertiary/aromatic N) is 1. The molecule has 0 unspecified atom stereocenters. The summed E-state index contributed by atoms with van der Waals surface area (Å²) in [6.07, 6.45) is 1.07. The predicted molar refractivity (Wildman–Crippen MR) is 114 cm³/mol. The lowest BCUT2D eigenvalue weighted by atomic mass is 9.98. The Morgan fingerprint density at radius 2 is 1.62 bits per heavy atom. The summed E-state index contributed by atoms with van der Waals surface area (Å²) in [6, 6.07) is 14.9. The molecule has 0 saturated carbocycles. The number of aliphatic hydroxyl groups is 1. The third-order valence-electron chi connectivity index (χ3n) is 4.96. The molecule has 0 spiro atoms. The molecule has 2 amide bonds. The number of benzene rings is 2. The van der Waals surface area contributed by atoms with Crippen molar-refractivity contribution in [2.45, 2.75) is 43.7 Å². The Morgan fingerprint density at radius 3 is 2.17 bits per heavy atom. The van der Waals surface area contributed by atoms with Crippen molar-refractivity contribution < 1.29 is 18.3 Å². The van der Waals surface area contributed by atoms with E-state index in [1.54, 1.807) is 0 Å². The summed E-state index contributed by atoms with van der Waals surface area (Å²) in [7, 11) is -2.11. The van der Waals surface area contributed by atoms with Crippen molar-refractivity contribution in [1.82, 2.24) is 9.62 Å². The van der Waals surface area contributed by atoms with Gasteiger partial charge in [-0.05, 0) is 42.7 Å². The van der Waals surface area contributed by atoms with Crippen LogP contribution in [0.5, 0.6) is 0 Å². The molecule has 2 rings (SSSR count). The molecule has 0 atom stereocenters. The Labute approximate surface area is 172 Å². The number of urea groups is 1. The summed E-state index contributed by atoms with van der Waals surface area (Å²) in [5.41, 5.74) is 0.426. The summed E-state index contributed by atoms with van der Waals surface area (Å²) in [6.45, 7) is 4.13. The summed E-state index contributed by atoms with van der Waals surface area (Å²) in [5, 5.41) is 15.5. The highest BCUT2D eigenvalue weighted by Crippen LogP contribution is 2.19. The largest absolute Gasteiger partial charge is 0.388 e. The number of carbonyl (C=O) groups excluding carboxylic acids is 1. The number of sulfonamides is 1. The van der Waals surface area contributed by atoms with Crippen LogP contribution in [0.3, 0.4) is 0 Å². The zero-order chi connectivity index (χ0) is 21.5. The molecule has 8 heteroatoms. The lowest BCUT2D eigenvalue weighted by Crippen LogP contribution is -2.43. The summed E-state index contributed by atoms with van der Waals surface area (Å²) in [5.74, 6) is 0. The topological polar surface area (TPSA) is 98.7 Å². The van der Waals surface area contributed by atoms with E-state index in [9.17, 15) is 18.3 Å². The first-order valence-electron chi connectivity index (χ1n) is 9.58.